The molecule has 0 aromatic heterocycles. The molecule has 8 heteroatoms. The molecule has 0 aliphatic carbocycles. The predicted octanol–water partition coefficient (Wildman–Crippen LogP) is 2.76. The number of rotatable bonds is 3. The van der Waals surface area contributed by atoms with Crippen molar-refractivity contribution < 1.29 is 13.9 Å². The van der Waals surface area contributed by atoms with Crippen LogP contribution in [-0.2, 0) is 4.74 Å². The SMILES string of the molecule is O=C1OC(N=C=S)CN1c1ccc(N2CCSCC2)c(F)c1. The van der Waals surface area contributed by atoms with Crippen molar-refractivity contribution >= 4 is 46.6 Å². The summed E-state index contributed by atoms with van der Waals surface area (Å²) in [6, 6.07) is 4.80. The van der Waals surface area contributed by atoms with E-state index in [0.29, 0.717) is 11.4 Å². The van der Waals surface area contributed by atoms with Gasteiger partial charge in [-0.1, -0.05) is 0 Å². The summed E-state index contributed by atoms with van der Waals surface area (Å²) in [5, 5.41) is 2.19. The maximum absolute atomic E-state index is 14.4. The van der Waals surface area contributed by atoms with Gasteiger partial charge in [-0.3, -0.25) is 4.90 Å². The lowest BCUT2D eigenvalue weighted by Gasteiger charge is -2.29. The summed E-state index contributed by atoms with van der Waals surface area (Å²) < 4.78 is 19.4. The summed E-state index contributed by atoms with van der Waals surface area (Å²) >= 11 is 6.37. The number of thioether (sulfide) groups is 1. The van der Waals surface area contributed by atoms with Crippen LogP contribution < -0.4 is 9.80 Å². The lowest BCUT2D eigenvalue weighted by molar-refractivity contribution is 0.146. The highest BCUT2D eigenvalue weighted by molar-refractivity contribution is 7.99. The Balaban J connectivity index is 1.79. The maximum atomic E-state index is 14.4. The van der Waals surface area contributed by atoms with E-state index in [1.54, 1.807) is 12.1 Å². The first-order valence-electron chi connectivity index (χ1n) is 6.86. The second kappa shape index (κ2) is 6.64. The van der Waals surface area contributed by atoms with Crippen molar-refractivity contribution in [2.45, 2.75) is 6.23 Å². The Morgan fingerprint density at radius 3 is 2.86 bits per heavy atom. The van der Waals surface area contributed by atoms with Crippen molar-refractivity contribution in [1.82, 2.24) is 0 Å². The van der Waals surface area contributed by atoms with E-state index >= 15 is 0 Å². The van der Waals surface area contributed by atoms with Crippen LogP contribution in [0.25, 0.3) is 0 Å². The number of nitrogens with zero attached hydrogens (tertiary/aromatic N) is 3. The number of cyclic esters (lactones) is 1. The van der Waals surface area contributed by atoms with Crippen LogP contribution in [0.5, 0.6) is 0 Å². The zero-order chi connectivity index (χ0) is 15.5. The molecule has 1 amide bonds. The van der Waals surface area contributed by atoms with Gasteiger partial charge in [-0.25, -0.2) is 9.18 Å². The van der Waals surface area contributed by atoms with Crippen LogP contribution in [0.2, 0.25) is 0 Å². The number of halogens is 1. The minimum atomic E-state index is -0.674. The summed E-state index contributed by atoms with van der Waals surface area (Å²) in [7, 11) is 0. The lowest BCUT2D eigenvalue weighted by Crippen LogP contribution is -2.33. The Morgan fingerprint density at radius 2 is 2.18 bits per heavy atom. The number of anilines is 2. The highest BCUT2D eigenvalue weighted by Crippen LogP contribution is 2.29. The van der Waals surface area contributed by atoms with Crippen molar-refractivity contribution in [3.8, 4) is 0 Å². The average Bonchev–Trinajstić information content (AvgIpc) is 2.89. The number of amides is 1. The Hall–Kier alpha value is -1.63. The summed E-state index contributed by atoms with van der Waals surface area (Å²) in [4.78, 5) is 18.9. The van der Waals surface area contributed by atoms with E-state index in [1.807, 2.05) is 16.7 Å². The van der Waals surface area contributed by atoms with Gasteiger partial charge in [-0.2, -0.15) is 16.8 Å². The quantitative estimate of drug-likeness (QED) is 0.626. The molecule has 2 fully saturated rings. The van der Waals surface area contributed by atoms with Gasteiger partial charge >= 0.3 is 6.09 Å². The molecule has 1 aromatic rings. The first-order chi connectivity index (χ1) is 10.7. The van der Waals surface area contributed by atoms with Gasteiger partial charge in [-0.05, 0) is 30.4 Å². The van der Waals surface area contributed by atoms with Crippen molar-refractivity contribution in [3.63, 3.8) is 0 Å². The highest BCUT2D eigenvalue weighted by atomic mass is 32.2. The molecule has 2 saturated heterocycles. The molecular weight excluding hydrogens is 325 g/mol. The van der Waals surface area contributed by atoms with Gasteiger partial charge in [0.15, 0.2) is 0 Å². The predicted molar refractivity (Wildman–Crippen MR) is 88.6 cm³/mol. The van der Waals surface area contributed by atoms with E-state index in [1.165, 1.54) is 11.0 Å². The summed E-state index contributed by atoms with van der Waals surface area (Å²) in [5.74, 6) is 1.66. The Kier molecular flexibility index (Phi) is 4.61. The van der Waals surface area contributed by atoms with E-state index in [-0.39, 0.29) is 12.4 Å². The van der Waals surface area contributed by atoms with E-state index in [2.05, 4.69) is 22.4 Å². The number of carbonyl (C=O) groups excluding carboxylic acids is 1. The largest absolute Gasteiger partial charge is 0.420 e. The third-order valence-corrected chi connectivity index (χ3v) is 4.64. The summed E-state index contributed by atoms with van der Waals surface area (Å²) in [6.45, 7) is 1.87. The zero-order valence-electron chi connectivity index (χ0n) is 11.7. The van der Waals surface area contributed by atoms with E-state index in [0.717, 1.165) is 24.6 Å². The second-order valence-electron chi connectivity index (χ2n) is 4.90. The first-order valence-corrected chi connectivity index (χ1v) is 8.42. The van der Waals surface area contributed by atoms with Crippen LogP contribution in [0.15, 0.2) is 23.2 Å². The highest BCUT2D eigenvalue weighted by Gasteiger charge is 2.32. The fourth-order valence-electron chi connectivity index (χ4n) is 2.51. The Morgan fingerprint density at radius 1 is 1.41 bits per heavy atom. The molecule has 0 bridgehead atoms. The fourth-order valence-corrected chi connectivity index (χ4v) is 3.53. The molecule has 2 heterocycles. The number of aliphatic imine (C=N–C) groups is 1. The van der Waals surface area contributed by atoms with E-state index in [4.69, 9.17) is 4.74 Å². The molecule has 2 aliphatic heterocycles. The normalized spacial score (nSPS) is 21.5. The van der Waals surface area contributed by atoms with Crippen LogP contribution in [0.4, 0.5) is 20.6 Å². The van der Waals surface area contributed by atoms with Gasteiger partial charge < -0.3 is 9.64 Å². The maximum Gasteiger partial charge on any atom is 0.416 e. The standard InChI is InChI=1S/C14H14FN3O2S2/c15-11-7-10(18-8-13(16-9-21)20-14(18)19)1-2-12(11)17-3-5-22-6-4-17/h1-2,7,13H,3-6,8H2. The second-order valence-corrected chi connectivity index (χ2v) is 6.31. The monoisotopic (exact) mass is 339 g/mol. The number of benzene rings is 1. The summed E-state index contributed by atoms with van der Waals surface area (Å²) in [5.41, 5.74) is 1.03. The Labute approximate surface area is 137 Å². The molecule has 0 saturated carbocycles. The van der Waals surface area contributed by atoms with Crippen molar-refractivity contribution in [2.24, 2.45) is 4.99 Å². The molecule has 3 rings (SSSR count). The molecule has 0 radical (unpaired) electrons. The van der Waals surface area contributed by atoms with Gasteiger partial charge in [0, 0.05) is 24.6 Å². The first kappa shape index (κ1) is 15.3. The van der Waals surface area contributed by atoms with Gasteiger partial charge in [0.05, 0.1) is 23.1 Å². The average molecular weight is 339 g/mol. The van der Waals surface area contributed by atoms with Crippen molar-refractivity contribution in [3.05, 3.63) is 24.0 Å². The number of hydrogen-bond acceptors (Lipinski definition) is 6. The van der Waals surface area contributed by atoms with Crippen LogP contribution in [0, 0.1) is 5.82 Å². The van der Waals surface area contributed by atoms with Crippen LogP contribution in [0.1, 0.15) is 0 Å². The smallest absolute Gasteiger partial charge is 0.416 e. The van der Waals surface area contributed by atoms with Gasteiger partial charge in [0.1, 0.15) is 5.82 Å². The van der Waals surface area contributed by atoms with Crippen LogP contribution in [0.3, 0.4) is 0 Å². The number of thiocarbonyl (C=S) groups is 1. The molecule has 22 heavy (non-hydrogen) atoms. The topological polar surface area (TPSA) is 45.1 Å². The van der Waals surface area contributed by atoms with Crippen LogP contribution >= 0.6 is 24.0 Å². The zero-order valence-corrected chi connectivity index (χ0v) is 13.3. The minimum Gasteiger partial charge on any atom is -0.420 e. The number of carbonyl (C=O) groups is 1. The molecule has 1 unspecified atom stereocenters. The molecule has 1 aromatic carbocycles. The molecule has 0 spiro atoms. The van der Waals surface area contributed by atoms with Crippen molar-refractivity contribution in [1.29, 1.82) is 0 Å². The fraction of sp³-hybridized carbons (Fsp3) is 0.429. The minimum absolute atomic E-state index is 0.210. The van der Waals surface area contributed by atoms with E-state index in [9.17, 15) is 9.18 Å². The Bertz CT molecular complexity index is 631. The van der Waals surface area contributed by atoms with E-state index < -0.39 is 12.3 Å². The number of isothiocyanates is 1. The molecule has 116 valence electrons. The molecule has 0 N–H and O–H groups in total. The van der Waals surface area contributed by atoms with Crippen LogP contribution in [-0.4, -0.2) is 48.6 Å². The molecule has 1 atom stereocenters. The van der Waals surface area contributed by atoms with Gasteiger partial charge in [0.25, 0.3) is 0 Å². The van der Waals surface area contributed by atoms with Gasteiger partial charge in [0.2, 0.25) is 6.23 Å². The van der Waals surface area contributed by atoms with Crippen molar-refractivity contribution in [2.75, 3.05) is 40.9 Å². The number of hydrogen-bond donors (Lipinski definition) is 0. The summed E-state index contributed by atoms with van der Waals surface area (Å²) in [6.07, 6.45) is -1.23. The molecule has 5 nitrogen and oxygen atoms in total. The lowest BCUT2D eigenvalue weighted by atomic mass is 10.2. The third-order valence-electron chi connectivity index (χ3n) is 3.59. The third kappa shape index (κ3) is 3.09. The molecule has 2 aliphatic rings. The van der Waals surface area contributed by atoms with Gasteiger partial charge in [-0.15, -0.1) is 0 Å². The number of ether oxygens (including phenoxy) is 1. The molecular formula is C14H14FN3O2S2.